The molecule has 1 aliphatic rings. The number of aromatic nitrogens is 4. The van der Waals surface area contributed by atoms with Gasteiger partial charge in [0.05, 0.1) is 5.75 Å². The highest BCUT2D eigenvalue weighted by Crippen LogP contribution is 2.24. The van der Waals surface area contributed by atoms with E-state index in [4.69, 9.17) is 0 Å². The number of hydrogen-bond donors (Lipinski definition) is 2. The highest BCUT2D eigenvalue weighted by Gasteiger charge is 2.24. The first-order valence-electron chi connectivity index (χ1n) is 8.24. The number of nitrogens with zero attached hydrogens (tertiary/aromatic N) is 4. The number of amides is 3. The van der Waals surface area contributed by atoms with Crippen molar-refractivity contribution in [3.05, 3.63) is 24.5 Å². The van der Waals surface area contributed by atoms with Crippen LogP contribution in [0.3, 0.4) is 0 Å². The molecule has 0 unspecified atom stereocenters. The minimum absolute atomic E-state index is 0.107. The molecule has 0 aromatic carbocycles. The first kappa shape index (κ1) is 17.4. The maximum absolute atomic E-state index is 11.9. The summed E-state index contributed by atoms with van der Waals surface area (Å²) < 4.78 is 1.98. The first-order chi connectivity index (χ1) is 12.2. The molecular weight excluding hydrogens is 340 g/mol. The molecule has 9 heteroatoms. The van der Waals surface area contributed by atoms with Gasteiger partial charge < -0.3 is 9.88 Å². The smallest absolute Gasteiger partial charge is 0.321 e. The largest absolute Gasteiger partial charge is 0.335 e. The summed E-state index contributed by atoms with van der Waals surface area (Å²) in [6, 6.07) is 3.54. The van der Waals surface area contributed by atoms with Gasteiger partial charge >= 0.3 is 6.03 Å². The minimum atomic E-state index is -0.430. The van der Waals surface area contributed by atoms with E-state index in [1.807, 2.05) is 16.7 Å². The van der Waals surface area contributed by atoms with Gasteiger partial charge in [0.25, 0.3) is 0 Å². The van der Waals surface area contributed by atoms with Gasteiger partial charge in [0.15, 0.2) is 11.0 Å². The number of imide groups is 1. The Morgan fingerprint density at radius 3 is 2.72 bits per heavy atom. The van der Waals surface area contributed by atoms with Gasteiger partial charge in [-0.05, 0) is 31.4 Å². The number of pyridine rings is 1. The van der Waals surface area contributed by atoms with Gasteiger partial charge in [-0.25, -0.2) is 4.79 Å². The molecule has 8 nitrogen and oxygen atoms in total. The third kappa shape index (κ3) is 4.79. The molecular formula is C16H20N6O2S. The number of nitrogens with one attached hydrogen (secondary N) is 2. The lowest BCUT2D eigenvalue weighted by atomic mass is 10.2. The molecule has 2 heterocycles. The summed E-state index contributed by atoms with van der Waals surface area (Å²) in [5.74, 6) is 0.509. The summed E-state index contributed by atoms with van der Waals surface area (Å²) in [5, 5.41) is 14.2. The van der Waals surface area contributed by atoms with Crippen LogP contribution in [-0.4, -0.2) is 43.5 Å². The summed E-state index contributed by atoms with van der Waals surface area (Å²) in [6.07, 6.45) is 6.29. The third-order valence-electron chi connectivity index (χ3n) is 3.60. The summed E-state index contributed by atoms with van der Waals surface area (Å²) in [7, 11) is 0. The van der Waals surface area contributed by atoms with Gasteiger partial charge in [-0.3, -0.25) is 15.1 Å². The topological polar surface area (TPSA) is 102 Å². The van der Waals surface area contributed by atoms with E-state index >= 15 is 0 Å². The highest BCUT2D eigenvalue weighted by molar-refractivity contribution is 7.99. The van der Waals surface area contributed by atoms with Crippen LogP contribution in [0.5, 0.6) is 0 Å². The van der Waals surface area contributed by atoms with Crippen molar-refractivity contribution in [2.75, 3.05) is 5.75 Å². The lowest BCUT2D eigenvalue weighted by molar-refractivity contribution is -0.117. The molecule has 3 rings (SSSR count). The van der Waals surface area contributed by atoms with E-state index in [-0.39, 0.29) is 17.7 Å². The fraction of sp³-hybridized carbons (Fsp3) is 0.438. The SMILES string of the molecule is CCCn1c(SCC(=O)NC(=O)NC2CC2)nnc1-c1ccncc1. The van der Waals surface area contributed by atoms with Crippen LogP contribution in [0.1, 0.15) is 26.2 Å². The van der Waals surface area contributed by atoms with Crippen LogP contribution in [0.25, 0.3) is 11.4 Å². The van der Waals surface area contributed by atoms with Crippen molar-refractivity contribution >= 4 is 23.7 Å². The Morgan fingerprint density at radius 2 is 2.04 bits per heavy atom. The number of thioether (sulfide) groups is 1. The van der Waals surface area contributed by atoms with Crippen molar-refractivity contribution in [2.45, 2.75) is 43.9 Å². The van der Waals surface area contributed by atoms with Crippen molar-refractivity contribution < 1.29 is 9.59 Å². The standard InChI is InChI=1S/C16H20N6O2S/c1-2-9-22-14(11-5-7-17-8-6-11)20-21-16(22)25-10-13(23)19-15(24)18-12-3-4-12/h5-8,12H,2-4,9-10H2,1H3,(H2,18,19,23,24). The van der Waals surface area contributed by atoms with Crippen molar-refractivity contribution in [3.63, 3.8) is 0 Å². The Kier molecular flexibility index (Phi) is 5.64. The van der Waals surface area contributed by atoms with Gasteiger partial charge in [0.1, 0.15) is 0 Å². The Balaban J connectivity index is 1.62. The van der Waals surface area contributed by atoms with Crippen molar-refractivity contribution in [2.24, 2.45) is 0 Å². The van der Waals surface area contributed by atoms with Crippen molar-refractivity contribution in [1.29, 1.82) is 0 Å². The second-order valence-corrected chi connectivity index (χ2v) is 6.72. The van der Waals surface area contributed by atoms with E-state index in [2.05, 4.69) is 32.7 Å². The molecule has 0 saturated heterocycles. The molecule has 2 aromatic heterocycles. The average molecular weight is 360 g/mol. The lowest BCUT2D eigenvalue weighted by Gasteiger charge is -2.09. The Hall–Kier alpha value is -2.42. The van der Waals surface area contributed by atoms with Crippen LogP contribution in [0.2, 0.25) is 0 Å². The lowest BCUT2D eigenvalue weighted by Crippen LogP contribution is -2.41. The van der Waals surface area contributed by atoms with Gasteiger partial charge in [-0.1, -0.05) is 18.7 Å². The van der Waals surface area contributed by atoms with Crippen LogP contribution in [0, 0.1) is 0 Å². The van der Waals surface area contributed by atoms with Crippen LogP contribution in [0.4, 0.5) is 4.79 Å². The van der Waals surface area contributed by atoms with Crippen LogP contribution in [-0.2, 0) is 11.3 Å². The average Bonchev–Trinajstić information content (AvgIpc) is 3.32. The molecule has 0 radical (unpaired) electrons. The van der Waals surface area contributed by atoms with Gasteiger partial charge in [0, 0.05) is 30.5 Å². The number of carbonyl (C=O) groups is 2. The molecule has 1 saturated carbocycles. The minimum Gasteiger partial charge on any atom is -0.335 e. The molecule has 3 amide bonds. The number of rotatable bonds is 7. The normalized spacial score (nSPS) is 13.5. The summed E-state index contributed by atoms with van der Waals surface area (Å²) in [6.45, 7) is 2.82. The second-order valence-electron chi connectivity index (χ2n) is 5.78. The van der Waals surface area contributed by atoms with Gasteiger partial charge in [-0.2, -0.15) is 0 Å². The molecule has 25 heavy (non-hydrogen) atoms. The van der Waals surface area contributed by atoms with Gasteiger partial charge in [0.2, 0.25) is 5.91 Å². The zero-order valence-corrected chi connectivity index (χ0v) is 14.8. The second kappa shape index (κ2) is 8.11. The van der Waals surface area contributed by atoms with Gasteiger partial charge in [-0.15, -0.1) is 10.2 Å². The Morgan fingerprint density at radius 1 is 1.28 bits per heavy atom. The summed E-state index contributed by atoms with van der Waals surface area (Å²) >= 11 is 1.27. The van der Waals surface area contributed by atoms with Crippen LogP contribution < -0.4 is 10.6 Å². The maximum atomic E-state index is 11.9. The van der Waals surface area contributed by atoms with E-state index in [1.165, 1.54) is 11.8 Å². The summed E-state index contributed by atoms with van der Waals surface area (Å²) in [4.78, 5) is 27.5. The predicted octanol–water partition coefficient (Wildman–Crippen LogP) is 1.83. The van der Waals surface area contributed by atoms with E-state index in [0.29, 0.717) is 5.16 Å². The predicted molar refractivity (Wildman–Crippen MR) is 94.0 cm³/mol. The number of urea groups is 1. The van der Waals surface area contributed by atoms with E-state index in [1.54, 1.807) is 12.4 Å². The van der Waals surface area contributed by atoms with E-state index in [0.717, 1.165) is 37.2 Å². The fourth-order valence-electron chi connectivity index (χ4n) is 2.28. The van der Waals surface area contributed by atoms with Crippen molar-refractivity contribution in [1.82, 2.24) is 30.4 Å². The zero-order chi connectivity index (χ0) is 17.6. The molecule has 2 N–H and O–H groups in total. The molecule has 1 aliphatic carbocycles. The van der Waals surface area contributed by atoms with Crippen molar-refractivity contribution in [3.8, 4) is 11.4 Å². The van der Waals surface area contributed by atoms with Crippen LogP contribution >= 0.6 is 11.8 Å². The number of hydrogen-bond acceptors (Lipinski definition) is 6. The Bertz CT molecular complexity index is 744. The third-order valence-corrected chi connectivity index (χ3v) is 4.57. The molecule has 0 aliphatic heterocycles. The first-order valence-corrected chi connectivity index (χ1v) is 9.22. The quantitative estimate of drug-likeness (QED) is 0.731. The molecule has 132 valence electrons. The monoisotopic (exact) mass is 360 g/mol. The zero-order valence-electron chi connectivity index (χ0n) is 13.9. The van der Waals surface area contributed by atoms with E-state index in [9.17, 15) is 9.59 Å². The highest BCUT2D eigenvalue weighted by atomic mass is 32.2. The fourth-order valence-corrected chi connectivity index (χ4v) is 3.04. The molecule has 0 spiro atoms. The number of carbonyl (C=O) groups excluding carboxylic acids is 2. The molecule has 0 bridgehead atoms. The van der Waals surface area contributed by atoms with Crippen LogP contribution in [0.15, 0.2) is 29.7 Å². The summed E-state index contributed by atoms with van der Waals surface area (Å²) in [5.41, 5.74) is 0.927. The molecule has 0 atom stereocenters. The molecule has 2 aromatic rings. The maximum Gasteiger partial charge on any atom is 0.321 e. The Labute approximate surface area is 149 Å². The van der Waals surface area contributed by atoms with E-state index < -0.39 is 6.03 Å². The molecule has 1 fully saturated rings.